The molecule has 0 radical (unpaired) electrons. The van der Waals surface area contributed by atoms with Crippen molar-refractivity contribution in [3.63, 3.8) is 0 Å². The van der Waals surface area contributed by atoms with Gasteiger partial charge in [0.1, 0.15) is 0 Å². The van der Waals surface area contributed by atoms with Crippen molar-refractivity contribution in [1.29, 1.82) is 0 Å². The maximum atomic E-state index is 6.22. The van der Waals surface area contributed by atoms with Crippen molar-refractivity contribution >= 4 is 14.4 Å². The monoisotopic (exact) mass is 376 g/mol. The Balaban J connectivity index is 1.95. The molecule has 1 fully saturated rings. The fraction of sp³-hybridized carbons (Fsp3) is 0.636. The molecule has 0 aromatic heterocycles. The quantitative estimate of drug-likeness (QED) is 0.258. The summed E-state index contributed by atoms with van der Waals surface area (Å²) in [7, 11) is -1.75. The summed E-state index contributed by atoms with van der Waals surface area (Å²) in [5.74, 6) is 0.604. The number of benzene rings is 1. The molecule has 3 nitrogen and oxygen atoms in total. The molecule has 0 amide bonds. The molecule has 0 bridgehead atoms. The van der Waals surface area contributed by atoms with Gasteiger partial charge in [-0.05, 0) is 44.5 Å². The first kappa shape index (κ1) is 21.0. The predicted molar refractivity (Wildman–Crippen MR) is 111 cm³/mol. The summed E-state index contributed by atoms with van der Waals surface area (Å²) in [6.07, 6.45) is 11.7. The van der Waals surface area contributed by atoms with Crippen LogP contribution in [0, 0.1) is 0 Å². The molecule has 1 aliphatic heterocycles. The van der Waals surface area contributed by atoms with E-state index in [9.17, 15) is 0 Å². The van der Waals surface area contributed by atoms with Gasteiger partial charge in [-0.2, -0.15) is 0 Å². The average molecular weight is 377 g/mol. The average Bonchev–Trinajstić information content (AvgIpc) is 2.58. The highest BCUT2D eigenvalue weighted by molar-refractivity contribution is 6.70. The second-order valence-corrected chi connectivity index (χ2v) is 12.6. The molecule has 1 aromatic rings. The normalized spacial score (nSPS) is 21.5. The highest BCUT2D eigenvalue weighted by Crippen LogP contribution is 2.27. The minimum atomic E-state index is -1.75. The van der Waals surface area contributed by atoms with Crippen LogP contribution in [0.2, 0.25) is 19.6 Å². The second kappa shape index (κ2) is 10.8. The lowest BCUT2D eigenvalue weighted by Crippen LogP contribution is -2.32. The van der Waals surface area contributed by atoms with Crippen molar-refractivity contribution in [1.82, 2.24) is 0 Å². The van der Waals surface area contributed by atoms with Crippen LogP contribution in [0.3, 0.4) is 0 Å². The summed E-state index contributed by atoms with van der Waals surface area (Å²) in [5.41, 5.74) is 1.09. The SMILES string of the molecule is CCCCCC[C@H]1CCC[C@H](O/C(=C\c2ccccc2)O[Si](C)(C)C)O1. The third-order valence-corrected chi connectivity index (χ3v) is 5.24. The molecule has 1 aromatic carbocycles. The lowest BCUT2D eigenvalue weighted by Gasteiger charge is -2.32. The maximum Gasteiger partial charge on any atom is 0.268 e. The molecule has 0 spiro atoms. The molecule has 1 heterocycles. The number of unbranched alkanes of at least 4 members (excludes halogenated alkanes) is 3. The van der Waals surface area contributed by atoms with Gasteiger partial charge in [0.15, 0.2) is 0 Å². The highest BCUT2D eigenvalue weighted by Gasteiger charge is 2.26. The Morgan fingerprint density at radius 1 is 1.12 bits per heavy atom. The van der Waals surface area contributed by atoms with E-state index in [1.54, 1.807) is 0 Å². The summed E-state index contributed by atoms with van der Waals surface area (Å²) in [6.45, 7) is 8.77. The van der Waals surface area contributed by atoms with Crippen molar-refractivity contribution in [3.05, 3.63) is 41.8 Å². The van der Waals surface area contributed by atoms with Gasteiger partial charge in [0.2, 0.25) is 14.6 Å². The van der Waals surface area contributed by atoms with E-state index < -0.39 is 8.32 Å². The van der Waals surface area contributed by atoms with Crippen molar-refractivity contribution < 1.29 is 13.9 Å². The van der Waals surface area contributed by atoms with E-state index in [-0.39, 0.29) is 6.29 Å². The Morgan fingerprint density at radius 3 is 2.58 bits per heavy atom. The van der Waals surface area contributed by atoms with Gasteiger partial charge < -0.3 is 13.9 Å². The molecule has 0 N–H and O–H groups in total. The molecule has 0 unspecified atom stereocenters. The second-order valence-electron chi connectivity index (χ2n) is 8.17. The largest absolute Gasteiger partial charge is 0.520 e. The molecule has 0 saturated carbocycles. The van der Waals surface area contributed by atoms with Crippen LogP contribution < -0.4 is 0 Å². The smallest absolute Gasteiger partial charge is 0.268 e. The zero-order chi connectivity index (χ0) is 18.8. The molecule has 146 valence electrons. The van der Waals surface area contributed by atoms with Crippen LogP contribution in [0.5, 0.6) is 0 Å². The van der Waals surface area contributed by atoms with E-state index >= 15 is 0 Å². The van der Waals surface area contributed by atoms with Gasteiger partial charge in [0, 0.05) is 12.5 Å². The summed E-state index contributed by atoms with van der Waals surface area (Å²) >= 11 is 0. The first-order chi connectivity index (χ1) is 12.5. The molecule has 1 aliphatic rings. The van der Waals surface area contributed by atoms with E-state index in [0.29, 0.717) is 12.0 Å². The predicted octanol–water partition coefficient (Wildman–Crippen LogP) is 6.72. The molecular formula is C22H36O3Si. The van der Waals surface area contributed by atoms with Crippen LogP contribution in [0.1, 0.15) is 63.9 Å². The van der Waals surface area contributed by atoms with Gasteiger partial charge in [-0.25, -0.2) is 0 Å². The van der Waals surface area contributed by atoms with E-state index in [1.165, 1.54) is 25.7 Å². The van der Waals surface area contributed by atoms with E-state index in [2.05, 4.69) is 38.7 Å². The van der Waals surface area contributed by atoms with Gasteiger partial charge in [-0.3, -0.25) is 0 Å². The van der Waals surface area contributed by atoms with E-state index in [0.717, 1.165) is 31.2 Å². The van der Waals surface area contributed by atoms with Crippen LogP contribution in [0.4, 0.5) is 0 Å². The van der Waals surface area contributed by atoms with Crippen LogP contribution in [0.15, 0.2) is 36.3 Å². The first-order valence-corrected chi connectivity index (χ1v) is 13.6. The van der Waals surface area contributed by atoms with Gasteiger partial charge in [-0.1, -0.05) is 62.9 Å². The summed E-state index contributed by atoms with van der Waals surface area (Å²) < 4.78 is 18.6. The highest BCUT2D eigenvalue weighted by atomic mass is 28.4. The summed E-state index contributed by atoms with van der Waals surface area (Å²) in [4.78, 5) is 0. The number of ether oxygens (including phenoxy) is 2. The third kappa shape index (κ3) is 8.41. The standard InChI is InChI=1S/C22H36O3Si/c1-5-6-7-11-15-20-16-12-17-21(23-20)24-22(25-26(2,3)4)18-19-13-9-8-10-14-19/h8-10,13-14,18,20-21H,5-7,11-12,15-17H2,1-4H3/b22-18+/t20-,21-/m0/s1. The Kier molecular flexibility index (Phi) is 8.73. The fourth-order valence-electron chi connectivity index (χ4n) is 3.17. The fourth-order valence-corrected chi connectivity index (χ4v) is 3.88. The Morgan fingerprint density at radius 2 is 1.88 bits per heavy atom. The van der Waals surface area contributed by atoms with Crippen molar-refractivity contribution in [2.75, 3.05) is 0 Å². The molecule has 2 rings (SSSR count). The molecule has 1 saturated heterocycles. The Labute approximate surface area is 160 Å². The maximum absolute atomic E-state index is 6.22. The van der Waals surface area contributed by atoms with Gasteiger partial charge in [-0.15, -0.1) is 0 Å². The van der Waals surface area contributed by atoms with E-state index in [1.807, 2.05) is 24.3 Å². The van der Waals surface area contributed by atoms with Crippen LogP contribution >= 0.6 is 0 Å². The van der Waals surface area contributed by atoms with Crippen molar-refractivity contribution in [3.8, 4) is 0 Å². The topological polar surface area (TPSA) is 27.7 Å². The zero-order valence-corrected chi connectivity index (χ0v) is 18.0. The van der Waals surface area contributed by atoms with Crippen LogP contribution in [-0.2, 0) is 13.9 Å². The number of hydrogen-bond donors (Lipinski definition) is 0. The lowest BCUT2D eigenvalue weighted by atomic mass is 10.0. The molecule has 0 aliphatic carbocycles. The lowest BCUT2D eigenvalue weighted by molar-refractivity contribution is -0.189. The zero-order valence-electron chi connectivity index (χ0n) is 17.0. The van der Waals surface area contributed by atoms with E-state index in [4.69, 9.17) is 13.9 Å². The molecular weight excluding hydrogens is 340 g/mol. The van der Waals surface area contributed by atoms with Crippen LogP contribution in [0.25, 0.3) is 6.08 Å². The van der Waals surface area contributed by atoms with Crippen molar-refractivity contribution in [2.24, 2.45) is 0 Å². The summed E-state index contributed by atoms with van der Waals surface area (Å²) in [6, 6.07) is 10.2. The van der Waals surface area contributed by atoms with Crippen molar-refractivity contribution in [2.45, 2.75) is 90.3 Å². The first-order valence-electron chi connectivity index (χ1n) is 10.2. The van der Waals surface area contributed by atoms with Gasteiger partial charge in [0.25, 0.3) is 5.95 Å². The van der Waals surface area contributed by atoms with Crippen LogP contribution in [-0.4, -0.2) is 20.7 Å². The molecule has 2 atom stereocenters. The Hall–Kier alpha value is -1.26. The minimum Gasteiger partial charge on any atom is -0.520 e. The number of rotatable bonds is 10. The number of hydrogen-bond acceptors (Lipinski definition) is 3. The summed E-state index contributed by atoms with van der Waals surface area (Å²) in [5, 5.41) is 0. The minimum absolute atomic E-state index is 0.189. The third-order valence-electron chi connectivity index (χ3n) is 4.43. The Bertz CT molecular complexity index is 536. The molecule has 4 heteroatoms. The van der Waals surface area contributed by atoms with Gasteiger partial charge in [0.05, 0.1) is 6.10 Å². The van der Waals surface area contributed by atoms with Gasteiger partial charge >= 0.3 is 0 Å². The molecule has 26 heavy (non-hydrogen) atoms.